The average molecular weight is 547 g/mol. The SMILES string of the molecule is CC(C)(C)OC(=O)N[C@H]1CCCN(c2ccc(C(=O)NCCC(=O)ONS(=O)(=O)c3ccccc3)cc2)C1. The van der Waals surface area contributed by atoms with Crippen LogP contribution in [-0.4, -0.2) is 57.7 Å². The number of sulfonamides is 1. The van der Waals surface area contributed by atoms with E-state index in [1.807, 2.05) is 32.9 Å². The molecule has 1 aliphatic heterocycles. The summed E-state index contributed by atoms with van der Waals surface area (Å²) in [5.74, 6) is -1.21. The first-order valence-electron chi connectivity index (χ1n) is 12.3. The molecule has 3 N–H and O–H groups in total. The molecule has 1 saturated heterocycles. The minimum absolute atomic E-state index is 0.0311. The number of benzene rings is 2. The van der Waals surface area contributed by atoms with Crippen molar-refractivity contribution in [1.29, 1.82) is 0 Å². The maximum absolute atomic E-state index is 12.5. The number of amides is 2. The van der Waals surface area contributed by atoms with Gasteiger partial charge in [-0.3, -0.25) is 9.59 Å². The maximum atomic E-state index is 12.5. The molecule has 1 aliphatic rings. The van der Waals surface area contributed by atoms with Crippen LogP contribution < -0.4 is 20.4 Å². The molecule has 2 aromatic rings. The van der Waals surface area contributed by atoms with Crippen LogP contribution in [0.4, 0.5) is 10.5 Å². The Morgan fingerprint density at radius 1 is 1.03 bits per heavy atom. The van der Waals surface area contributed by atoms with Crippen molar-refractivity contribution in [2.45, 2.75) is 56.6 Å². The molecule has 0 unspecified atom stereocenters. The van der Waals surface area contributed by atoms with Gasteiger partial charge in [0.05, 0.1) is 11.3 Å². The number of hydrogen-bond donors (Lipinski definition) is 3. The Kier molecular flexibility index (Phi) is 9.70. The summed E-state index contributed by atoms with van der Waals surface area (Å²) in [6, 6.07) is 14.5. The van der Waals surface area contributed by atoms with E-state index in [-0.39, 0.29) is 29.8 Å². The molecule has 2 aromatic carbocycles. The average Bonchev–Trinajstić information content (AvgIpc) is 2.87. The van der Waals surface area contributed by atoms with Crippen LogP contribution in [-0.2, 0) is 24.4 Å². The summed E-state index contributed by atoms with van der Waals surface area (Å²) in [6.07, 6.45) is 1.10. The number of nitrogens with one attached hydrogen (secondary N) is 3. The van der Waals surface area contributed by atoms with Crippen molar-refractivity contribution in [2.75, 3.05) is 24.5 Å². The Bertz CT molecular complexity index is 1210. The number of hydrogen-bond acceptors (Lipinski definition) is 8. The highest BCUT2D eigenvalue weighted by Gasteiger charge is 2.24. The van der Waals surface area contributed by atoms with Gasteiger partial charge in [0.25, 0.3) is 15.9 Å². The lowest BCUT2D eigenvalue weighted by Gasteiger charge is -2.35. The van der Waals surface area contributed by atoms with E-state index in [2.05, 4.69) is 20.4 Å². The van der Waals surface area contributed by atoms with Gasteiger partial charge in [-0.05, 0) is 74.9 Å². The van der Waals surface area contributed by atoms with Gasteiger partial charge in [-0.15, -0.1) is 0 Å². The van der Waals surface area contributed by atoms with Crippen LogP contribution in [0.1, 0.15) is 50.4 Å². The molecule has 0 aliphatic carbocycles. The van der Waals surface area contributed by atoms with E-state index in [0.29, 0.717) is 12.1 Å². The van der Waals surface area contributed by atoms with E-state index in [9.17, 15) is 22.8 Å². The molecule has 2 amide bonds. The molecule has 1 fully saturated rings. The van der Waals surface area contributed by atoms with Crippen LogP contribution in [0.3, 0.4) is 0 Å². The molecule has 0 saturated carbocycles. The van der Waals surface area contributed by atoms with Crippen LogP contribution in [0.25, 0.3) is 0 Å². The first kappa shape index (κ1) is 28.9. The third-order valence-corrected chi connectivity index (χ3v) is 6.77. The fraction of sp³-hybridized carbons (Fsp3) is 0.423. The highest BCUT2D eigenvalue weighted by atomic mass is 32.2. The smallest absolute Gasteiger partial charge is 0.407 e. The second-order valence-electron chi connectivity index (χ2n) is 9.86. The summed E-state index contributed by atoms with van der Waals surface area (Å²) in [5, 5.41) is 5.53. The van der Waals surface area contributed by atoms with Crippen LogP contribution in [0.2, 0.25) is 0 Å². The van der Waals surface area contributed by atoms with Crippen molar-refractivity contribution >= 4 is 33.7 Å². The van der Waals surface area contributed by atoms with Gasteiger partial charge in [0.1, 0.15) is 5.60 Å². The highest BCUT2D eigenvalue weighted by Crippen LogP contribution is 2.21. The van der Waals surface area contributed by atoms with Gasteiger partial charge in [-0.1, -0.05) is 18.2 Å². The van der Waals surface area contributed by atoms with Crippen molar-refractivity contribution in [3.63, 3.8) is 0 Å². The molecule has 38 heavy (non-hydrogen) atoms. The monoisotopic (exact) mass is 546 g/mol. The summed E-state index contributed by atoms with van der Waals surface area (Å²) in [6.45, 7) is 6.88. The van der Waals surface area contributed by atoms with E-state index >= 15 is 0 Å². The fourth-order valence-corrected chi connectivity index (χ4v) is 4.62. The zero-order valence-corrected chi connectivity index (χ0v) is 22.5. The summed E-state index contributed by atoms with van der Waals surface area (Å²) in [7, 11) is -3.98. The number of piperidine rings is 1. The lowest BCUT2D eigenvalue weighted by Crippen LogP contribution is -2.49. The summed E-state index contributed by atoms with van der Waals surface area (Å²) in [5.41, 5.74) is 0.772. The van der Waals surface area contributed by atoms with Gasteiger partial charge >= 0.3 is 12.1 Å². The molecular formula is C26H34N4O7S. The highest BCUT2D eigenvalue weighted by molar-refractivity contribution is 7.89. The largest absolute Gasteiger partial charge is 0.444 e. The Labute approximate surface area is 222 Å². The number of alkyl carbamates (subject to hydrolysis) is 1. The topological polar surface area (TPSA) is 143 Å². The third-order valence-electron chi connectivity index (χ3n) is 5.57. The molecule has 12 heteroatoms. The van der Waals surface area contributed by atoms with Gasteiger partial charge in [-0.25, -0.2) is 13.2 Å². The lowest BCUT2D eigenvalue weighted by atomic mass is 10.0. The Morgan fingerprint density at radius 2 is 1.71 bits per heavy atom. The minimum Gasteiger partial charge on any atom is -0.444 e. The van der Waals surface area contributed by atoms with E-state index in [4.69, 9.17) is 4.74 Å². The van der Waals surface area contributed by atoms with Crippen LogP contribution in [0.15, 0.2) is 59.5 Å². The number of carbonyl (C=O) groups excluding carboxylic acids is 3. The maximum Gasteiger partial charge on any atom is 0.407 e. The summed E-state index contributed by atoms with van der Waals surface area (Å²) >= 11 is 0. The lowest BCUT2D eigenvalue weighted by molar-refractivity contribution is -0.146. The van der Waals surface area contributed by atoms with Gasteiger partial charge in [-0.2, -0.15) is 0 Å². The van der Waals surface area contributed by atoms with Crippen molar-refractivity contribution in [3.05, 3.63) is 60.2 Å². The van der Waals surface area contributed by atoms with Crippen molar-refractivity contribution in [3.8, 4) is 0 Å². The van der Waals surface area contributed by atoms with Gasteiger partial charge in [0.2, 0.25) is 0 Å². The normalized spacial score (nSPS) is 15.9. The fourth-order valence-electron chi connectivity index (χ4n) is 3.81. The zero-order valence-electron chi connectivity index (χ0n) is 21.7. The van der Waals surface area contributed by atoms with Gasteiger partial charge in [0, 0.05) is 36.9 Å². The number of carbonyl (C=O) groups is 3. The molecule has 0 radical (unpaired) electrons. The molecule has 206 valence electrons. The summed E-state index contributed by atoms with van der Waals surface area (Å²) in [4.78, 5) is 44.9. The van der Waals surface area contributed by atoms with E-state index in [1.165, 1.54) is 12.1 Å². The number of ether oxygens (including phenoxy) is 1. The molecule has 0 spiro atoms. The summed E-state index contributed by atoms with van der Waals surface area (Å²) < 4.78 is 29.5. The Morgan fingerprint density at radius 3 is 2.37 bits per heavy atom. The molecular weight excluding hydrogens is 512 g/mol. The first-order valence-corrected chi connectivity index (χ1v) is 13.8. The molecule has 11 nitrogen and oxygen atoms in total. The second kappa shape index (κ2) is 12.7. The van der Waals surface area contributed by atoms with Crippen molar-refractivity contribution in [2.24, 2.45) is 0 Å². The zero-order chi connectivity index (χ0) is 27.8. The standard InChI is InChI=1S/C26H34N4O7S/c1-26(2,3)36-25(33)28-20-8-7-17-30(18-20)21-13-11-19(12-14-21)24(32)27-16-15-23(31)37-29-38(34,35)22-9-5-4-6-10-22/h4-6,9-14,20,29H,7-8,15-18H2,1-3H3,(H,27,32)(H,28,33)/t20-/m0/s1. The number of anilines is 1. The van der Waals surface area contributed by atoms with Crippen LogP contribution in [0.5, 0.6) is 0 Å². The Balaban J connectivity index is 1.42. The minimum atomic E-state index is -3.98. The van der Waals surface area contributed by atoms with E-state index in [1.54, 1.807) is 35.2 Å². The third kappa shape index (κ3) is 9.03. The quantitative estimate of drug-likeness (QED) is 0.408. The molecule has 3 rings (SSSR count). The Hall–Kier alpha value is -3.64. The predicted molar refractivity (Wildman–Crippen MR) is 141 cm³/mol. The van der Waals surface area contributed by atoms with Gasteiger partial charge in [0.15, 0.2) is 0 Å². The van der Waals surface area contributed by atoms with Crippen molar-refractivity contribution < 1.29 is 32.4 Å². The van der Waals surface area contributed by atoms with Crippen molar-refractivity contribution in [1.82, 2.24) is 15.5 Å². The van der Waals surface area contributed by atoms with Crippen LogP contribution >= 0.6 is 0 Å². The molecule has 0 bridgehead atoms. The second-order valence-corrected chi connectivity index (χ2v) is 11.5. The predicted octanol–water partition coefficient (Wildman–Crippen LogP) is 2.74. The van der Waals surface area contributed by atoms with E-state index in [0.717, 1.165) is 25.1 Å². The molecule has 1 atom stereocenters. The number of nitrogens with zero attached hydrogens (tertiary/aromatic N) is 1. The molecule has 1 heterocycles. The van der Waals surface area contributed by atoms with E-state index < -0.39 is 27.7 Å². The first-order chi connectivity index (χ1) is 17.9. The molecule has 0 aromatic heterocycles. The number of rotatable bonds is 9. The van der Waals surface area contributed by atoms with Crippen LogP contribution in [0, 0.1) is 0 Å². The van der Waals surface area contributed by atoms with Gasteiger partial charge < -0.3 is 25.1 Å².